The molecule has 1 unspecified atom stereocenters. The van der Waals surface area contributed by atoms with Crippen LogP contribution in [0.25, 0.3) is 11.1 Å². The Morgan fingerprint density at radius 3 is 2.46 bits per heavy atom. The molecule has 0 aliphatic rings. The predicted octanol–water partition coefficient (Wildman–Crippen LogP) is 2.98. The van der Waals surface area contributed by atoms with E-state index >= 15 is 0 Å². The number of aromatic nitrogens is 2. The molecular weight excluding hydrogens is 300 g/mol. The zero-order valence-corrected chi connectivity index (χ0v) is 13.3. The van der Waals surface area contributed by atoms with E-state index in [1.807, 2.05) is 18.2 Å². The summed E-state index contributed by atoms with van der Waals surface area (Å²) in [6.45, 7) is 0. The van der Waals surface area contributed by atoms with Crippen molar-refractivity contribution in [3.05, 3.63) is 72.6 Å². The number of hydrogen-bond acceptors (Lipinski definition) is 3. The quantitative estimate of drug-likeness (QED) is 0.653. The highest BCUT2D eigenvalue weighted by atomic mass is 16.1. The highest BCUT2D eigenvalue weighted by Gasteiger charge is 2.11. The number of rotatable bonds is 6. The van der Waals surface area contributed by atoms with Crippen molar-refractivity contribution in [3.63, 3.8) is 0 Å². The third-order valence-electron chi connectivity index (χ3n) is 3.76. The van der Waals surface area contributed by atoms with Crippen molar-refractivity contribution in [3.8, 4) is 11.1 Å². The molecule has 2 aromatic carbocycles. The van der Waals surface area contributed by atoms with Crippen LogP contribution in [0.3, 0.4) is 0 Å². The van der Waals surface area contributed by atoms with E-state index in [1.54, 1.807) is 12.4 Å². The van der Waals surface area contributed by atoms with Crippen molar-refractivity contribution >= 4 is 11.9 Å². The lowest BCUT2D eigenvalue weighted by molar-refractivity contribution is -0.116. The van der Waals surface area contributed by atoms with E-state index in [2.05, 4.69) is 51.7 Å². The molecule has 0 radical (unpaired) electrons. The van der Waals surface area contributed by atoms with Crippen molar-refractivity contribution in [2.75, 3.05) is 5.32 Å². The first-order valence-electron chi connectivity index (χ1n) is 7.90. The van der Waals surface area contributed by atoms with Gasteiger partial charge >= 0.3 is 0 Å². The molecule has 4 N–H and O–H groups in total. The molecule has 0 spiro atoms. The van der Waals surface area contributed by atoms with Crippen LogP contribution in [0, 0.1) is 0 Å². The van der Waals surface area contributed by atoms with Crippen LogP contribution < -0.4 is 11.1 Å². The smallest absolute Gasteiger partial charge is 0.228 e. The summed E-state index contributed by atoms with van der Waals surface area (Å²) < 4.78 is 0. The third-order valence-corrected chi connectivity index (χ3v) is 3.76. The number of aromatic amines is 1. The van der Waals surface area contributed by atoms with E-state index in [4.69, 9.17) is 5.73 Å². The number of H-pyrrole nitrogens is 1. The monoisotopic (exact) mass is 320 g/mol. The van der Waals surface area contributed by atoms with Crippen LogP contribution in [0.1, 0.15) is 12.0 Å². The number of hydrogen-bond donors (Lipinski definition) is 3. The van der Waals surface area contributed by atoms with Crippen LogP contribution in [0.2, 0.25) is 0 Å². The Balaban J connectivity index is 1.54. The van der Waals surface area contributed by atoms with E-state index in [0.29, 0.717) is 12.4 Å². The van der Waals surface area contributed by atoms with Crippen molar-refractivity contribution < 1.29 is 4.79 Å². The summed E-state index contributed by atoms with van der Waals surface area (Å²) >= 11 is 0. The van der Waals surface area contributed by atoms with Gasteiger partial charge in [-0.25, -0.2) is 4.98 Å². The largest absolute Gasteiger partial charge is 0.331 e. The maximum absolute atomic E-state index is 11.9. The Hall–Kier alpha value is -2.92. The molecule has 0 fully saturated rings. The van der Waals surface area contributed by atoms with Gasteiger partial charge < -0.3 is 10.7 Å². The maximum atomic E-state index is 11.9. The number of carbonyl (C=O) groups is 1. The molecular formula is C19H20N4O. The Bertz CT molecular complexity index is 767. The van der Waals surface area contributed by atoms with Gasteiger partial charge in [0.2, 0.25) is 11.9 Å². The maximum Gasteiger partial charge on any atom is 0.228 e. The second kappa shape index (κ2) is 7.57. The van der Waals surface area contributed by atoms with Gasteiger partial charge in [0, 0.05) is 24.9 Å². The lowest BCUT2D eigenvalue weighted by atomic mass is 10.00. The fraction of sp³-hybridized carbons (Fsp3) is 0.158. The molecule has 3 rings (SSSR count). The molecule has 0 saturated heterocycles. The standard InChI is InChI=1S/C19H20N4O/c20-17(13-18(24)23-19-21-10-11-22-19)12-14-6-8-16(9-7-14)15-4-2-1-3-5-15/h1-11,17H,12-13,20H2,(H2,21,22,23,24). The number of nitrogens with two attached hydrogens (primary N) is 1. The summed E-state index contributed by atoms with van der Waals surface area (Å²) in [4.78, 5) is 18.7. The van der Waals surface area contributed by atoms with E-state index in [9.17, 15) is 4.79 Å². The topological polar surface area (TPSA) is 83.8 Å². The van der Waals surface area contributed by atoms with Crippen LogP contribution in [0.15, 0.2) is 67.0 Å². The van der Waals surface area contributed by atoms with Crippen molar-refractivity contribution in [2.24, 2.45) is 5.73 Å². The van der Waals surface area contributed by atoms with Gasteiger partial charge in [-0.3, -0.25) is 10.1 Å². The van der Waals surface area contributed by atoms with E-state index < -0.39 is 0 Å². The second-order valence-electron chi connectivity index (χ2n) is 5.72. The summed E-state index contributed by atoms with van der Waals surface area (Å²) in [6.07, 6.45) is 4.15. The van der Waals surface area contributed by atoms with Crippen LogP contribution >= 0.6 is 0 Å². The molecule has 5 heteroatoms. The molecule has 0 aliphatic heterocycles. The molecule has 1 amide bonds. The second-order valence-corrected chi connectivity index (χ2v) is 5.72. The summed E-state index contributed by atoms with van der Waals surface area (Å²) in [5.41, 5.74) is 9.57. The average molecular weight is 320 g/mol. The fourth-order valence-electron chi connectivity index (χ4n) is 2.59. The normalized spacial score (nSPS) is 11.9. The van der Waals surface area contributed by atoms with Crippen LogP contribution in [-0.4, -0.2) is 21.9 Å². The Morgan fingerprint density at radius 2 is 1.79 bits per heavy atom. The molecule has 1 heterocycles. The molecule has 24 heavy (non-hydrogen) atoms. The summed E-state index contributed by atoms with van der Waals surface area (Å²) in [5.74, 6) is 0.303. The zero-order chi connectivity index (χ0) is 16.8. The van der Waals surface area contributed by atoms with E-state index in [1.165, 1.54) is 11.1 Å². The van der Waals surface area contributed by atoms with Gasteiger partial charge in [0.05, 0.1) is 0 Å². The number of benzene rings is 2. The first-order chi connectivity index (χ1) is 11.7. The third kappa shape index (κ3) is 4.30. The van der Waals surface area contributed by atoms with Gasteiger partial charge in [0.15, 0.2) is 0 Å². The first-order valence-corrected chi connectivity index (χ1v) is 7.90. The zero-order valence-electron chi connectivity index (χ0n) is 13.3. The van der Waals surface area contributed by atoms with Crippen LogP contribution in [0.4, 0.5) is 5.95 Å². The number of carbonyl (C=O) groups excluding carboxylic acids is 1. The molecule has 1 atom stereocenters. The Kier molecular flexibility index (Phi) is 5.03. The van der Waals surface area contributed by atoms with Gasteiger partial charge in [-0.15, -0.1) is 0 Å². The number of nitrogens with zero attached hydrogens (tertiary/aromatic N) is 1. The minimum absolute atomic E-state index is 0.140. The van der Waals surface area contributed by atoms with Gasteiger partial charge in [0.1, 0.15) is 0 Å². The summed E-state index contributed by atoms with van der Waals surface area (Å²) in [5, 5.41) is 2.68. The van der Waals surface area contributed by atoms with Crippen LogP contribution in [-0.2, 0) is 11.2 Å². The number of nitrogens with one attached hydrogen (secondary N) is 2. The molecule has 0 bridgehead atoms. The number of anilines is 1. The van der Waals surface area contributed by atoms with Crippen molar-refractivity contribution in [1.82, 2.24) is 9.97 Å². The summed E-state index contributed by atoms with van der Waals surface area (Å²) in [6, 6.07) is 18.3. The molecule has 0 saturated carbocycles. The number of imidazole rings is 1. The minimum Gasteiger partial charge on any atom is -0.331 e. The average Bonchev–Trinajstić information content (AvgIpc) is 3.09. The van der Waals surface area contributed by atoms with Crippen molar-refractivity contribution in [1.29, 1.82) is 0 Å². The summed E-state index contributed by atoms with van der Waals surface area (Å²) in [7, 11) is 0. The molecule has 5 nitrogen and oxygen atoms in total. The van der Waals surface area contributed by atoms with Crippen molar-refractivity contribution in [2.45, 2.75) is 18.9 Å². The molecule has 1 aromatic heterocycles. The fourth-order valence-corrected chi connectivity index (χ4v) is 2.59. The molecule has 3 aromatic rings. The first kappa shape index (κ1) is 16.0. The molecule has 0 aliphatic carbocycles. The van der Waals surface area contributed by atoms with Gasteiger partial charge in [-0.05, 0) is 23.1 Å². The van der Waals surface area contributed by atoms with Gasteiger partial charge in [-0.1, -0.05) is 54.6 Å². The van der Waals surface area contributed by atoms with Gasteiger partial charge in [-0.2, -0.15) is 0 Å². The lowest BCUT2D eigenvalue weighted by Gasteiger charge is -2.11. The predicted molar refractivity (Wildman–Crippen MR) is 95.4 cm³/mol. The molecule has 122 valence electrons. The van der Waals surface area contributed by atoms with Gasteiger partial charge in [0.25, 0.3) is 0 Å². The highest BCUT2D eigenvalue weighted by molar-refractivity contribution is 5.89. The SMILES string of the molecule is NC(CC(=O)Nc1ncc[nH]1)Cc1ccc(-c2ccccc2)cc1. The van der Waals surface area contributed by atoms with E-state index in [0.717, 1.165) is 5.56 Å². The lowest BCUT2D eigenvalue weighted by Crippen LogP contribution is -2.29. The number of amides is 1. The van der Waals surface area contributed by atoms with Crippen LogP contribution in [0.5, 0.6) is 0 Å². The highest BCUT2D eigenvalue weighted by Crippen LogP contribution is 2.19. The Labute approximate surface area is 140 Å². The minimum atomic E-state index is -0.234. The van der Waals surface area contributed by atoms with E-state index in [-0.39, 0.29) is 18.4 Å². The Morgan fingerprint density at radius 1 is 1.08 bits per heavy atom.